The van der Waals surface area contributed by atoms with E-state index in [1.807, 2.05) is 29.2 Å². The molecule has 0 aliphatic carbocycles. The van der Waals surface area contributed by atoms with Crippen molar-refractivity contribution < 1.29 is 0 Å². The zero-order valence-corrected chi connectivity index (χ0v) is 9.11. The summed E-state index contributed by atoms with van der Waals surface area (Å²) in [6, 6.07) is 8.15. The number of hydrogen-bond acceptors (Lipinski definition) is 2. The number of nitrogens with one attached hydrogen (secondary N) is 1. The molecule has 3 heteroatoms. The molecule has 0 bridgehead atoms. The van der Waals surface area contributed by atoms with Gasteiger partial charge in [-0.2, -0.15) is 0 Å². The van der Waals surface area contributed by atoms with E-state index in [9.17, 15) is 0 Å². The van der Waals surface area contributed by atoms with Crippen LogP contribution in [0.1, 0.15) is 26.2 Å². The summed E-state index contributed by atoms with van der Waals surface area (Å²) in [5.41, 5.74) is 5.55. The molecule has 1 aromatic heterocycles. The number of rotatable bonds is 5. The third kappa shape index (κ3) is 2.29. The first kappa shape index (κ1) is 10.0. The molecule has 0 amide bonds. The van der Waals surface area contributed by atoms with Gasteiger partial charge in [0.25, 0.3) is 0 Å². The Balaban J connectivity index is 2.02. The highest BCUT2D eigenvalue weighted by Crippen LogP contribution is 2.09. The highest BCUT2D eigenvalue weighted by molar-refractivity contribution is 5.75. The lowest BCUT2D eigenvalue weighted by Crippen LogP contribution is -2.14. The number of nitrogens with zero attached hydrogens (tertiary/aromatic N) is 2. The zero-order chi connectivity index (χ0) is 10.5. The molecular formula is C12H17N3. The molecule has 0 atom stereocenters. The predicted octanol–water partition coefficient (Wildman–Crippen LogP) is 2.77. The topological polar surface area (TPSA) is 29.9 Å². The van der Waals surface area contributed by atoms with E-state index < -0.39 is 0 Å². The van der Waals surface area contributed by atoms with Gasteiger partial charge in [-0.15, -0.1) is 0 Å². The summed E-state index contributed by atoms with van der Waals surface area (Å²) in [5, 5.41) is 0. The zero-order valence-electron chi connectivity index (χ0n) is 9.11. The minimum Gasteiger partial charge on any atom is -0.324 e. The van der Waals surface area contributed by atoms with E-state index in [1.54, 1.807) is 0 Å². The third-order valence-electron chi connectivity index (χ3n) is 2.52. The molecule has 0 spiro atoms. The molecule has 15 heavy (non-hydrogen) atoms. The first-order chi connectivity index (χ1) is 7.42. The van der Waals surface area contributed by atoms with Crippen LogP contribution < -0.4 is 5.43 Å². The second kappa shape index (κ2) is 4.82. The van der Waals surface area contributed by atoms with E-state index in [2.05, 4.69) is 23.4 Å². The fraction of sp³-hybridized carbons (Fsp3) is 0.417. The van der Waals surface area contributed by atoms with Crippen LogP contribution in [0.2, 0.25) is 0 Å². The first-order valence-electron chi connectivity index (χ1n) is 5.58. The summed E-state index contributed by atoms with van der Waals surface area (Å²) >= 11 is 0. The van der Waals surface area contributed by atoms with E-state index in [0.717, 1.165) is 17.6 Å². The number of aromatic nitrogens is 2. The average Bonchev–Trinajstić information content (AvgIpc) is 2.68. The summed E-state index contributed by atoms with van der Waals surface area (Å²) in [7, 11) is 0. The van der Waals surface area contributed by atoms with E-state index in [-0.39, 0.29) is 0 Å². The van der Waals surface area contributed by atoms with Crippen LogP contribution in [0.4, 0.5) is 0 Å². The van der Waals surface area contributed by atoms with Gasteiger partial charge in [-0.3, -0.25) is 0 Å². The van der Waals surface area contributed by atoms with Gasteiger partial charge in [0, 0.05) is 6.54 Å². The average molecular weight is 203 g/mol. The van der Waals surface area contributed by atoms with Gasteiger partial charge in [0.05, 0.1) is 11.0 Å². The van der Waals surface area contributed by atoms with E-state index >= 15 is 0 Å². The van der Waals surface area contributed by atoms with Gasteiger partial charge in [0.1, 0.15) is 6.33 Å². The Kier molecular flexibility index (Phi) is 3.22. The number of benzene rings is 1. The Bertz CT molecular complexity index is 419. The molecule has 0 fully saturated rings. The normalized spacial score (nSPS) is 10.7. The summed E-state index contributed by atoms with van der Waals surface area (Å²) in [4.78, 5) is 4.32. The van der Waals surface area contributed by atoms with Gasteiger partial charge < -0.3 is 5.43 Å². The lowest BCUT2D eigenvalue weighted by atomic mass is 10.2. The SMILES string of the molecule is CCCCCNn1cnc2ccccc21. The molecule has 1 heterocycles. The Morgan fingerprint density at radius 1 is 1.27 bits per heavy atom. The lowest BCUT2D eigenvalue weighted by Gasteiger charge is -2.07. The number of unbranched alkanes of at least 4 members (excludes halogenated alkanes) is 2. The summed E-state index contributed by atoms with van der Waals surface area (Å²) in [5.74, 6) is 0. The highest BCUT2D eigenvalue weighted by atomic mass is 15.4. The number of para-hydroxylation sites is 2. The molecule has 80 valence electrons. The van der Waals surface area contributed by atoms with Crippen molar-refractivity contribution in [1.82, 2.24) is 9.66 Å². The quantitative estimate of drug-likeness (QED) is 0.757. The van der Waals surface area contributed by atoms with Gasteiger partial charge in [0.2, 0.25) is 0 Å². The molecular weight excluding hydrogens is 186 g/mol. The summed E-state index contributed by atoms with van der Waals surface area (Å²) in [6.45, 7) is 3.22. The highest BCUT2D eigenvalue weighted by Gasteiger charge is 1.99. The fourth-order valence-electron chi connectivity index (χ4n) is 1.66. The van der Waals surface area contributed by atoms with Crippen LogP contribution in [-0.4, -0.2) is 16.2 Å². The second-order valence-electron chi connectivity index (χ2n) is 3.72. The fourth-order valence-corrected chi connectivity index (χ4v) is 1.66. The minimum atomic E-state index is 1.01. The van der Waals surface area contributed by atoms with E-state index in [1.165, 1.54) is 19.3 Å². The minimum absolute atomic E-state index is 1.01. The Morgan fingerprint density at radius 2 is 2.13 bits per heavy atom. The van der Waals surface area contributed by atoms with Gasteiger partial charge in [-0.25, -0.2) is 9.66 Å². The molecule has 0 radical (unpaired) electrons. The monoisotopic (exact) mass is 203 g/mol. The van der Waals surface area contributed by atoms with Crippen molar-refractivity contribution in [3.63, 3.8) is 0 Å². The van der Waals surface area contributed by atoms with E-state index in [0.29, 0.717) is 0 Å². The van der Waals surface area contributed by atoms with Crippen LogP contribution in [0.25, 0.3) is 11.0 Å². The van der Waals surface area contributed by atoms with Crippen LogP contribution in [0.3, 0.4) is 0 Å². The van der Waals surface area contributed by atoms with Crippen molar-refractivity contribution in [1.29, 1.82) is 0 Å². The van der Waals surface area contributed by atoms with Crippen LogP contribution in [-0.2, 0) is 0 Å². The Hall–Kier alpha value is -1.51. The number of hydrogen-bond donors (Lipinski definition) is 1. The van der Waals surface area contributed by atoms with Crippen molar-refractivity contribution in [2.24, 2.45) is 0 Å². The van der Waals surface area contributed by atoms with Gasteiger partial charge in [-0.1, -0.05) is 31.9 Å². The smallest absolute Gasteiger partial charge is 0.115 e. The molecule has 0 unspecified atom stereocenters. The maximum atomic E-state index is 4.32. The van der Waals surface area contributed by atoms with Crippen molar-refractivity contribution in [2.75, 3.05) is 12.0 Å². The van der Waals surface area contributed by atoms with Crippen molar-refractivity contribution >= 4 is 11.0 Å². The van der Waals surface area contributed by atoms with E-state index in [4.69, 9.17) is 0 Å². The lowest BCUT2D eigenvalue weighted by molar-refractivity contribution is 0.707. The molecule has 3 nitrogen and oxygen atoms in total. The standard InChI is InChI=1S/C12H17N3/c1-2-3-6-9-14-15-10-13-11-7-4-5-8-12(11)15/h4-5,7-8,10,14H,2-3,6,9H2,1H3. The number of imidazole rings is 1. The summed E-state index contributed by atoms with van der Waals surface area (Å²) < 4.78 is 2.00. The largest absolute Gasteiger partial charge is 0.324 e. The molecule has 1 N–H and O–H groups in total. The Labute approximate surface area is 90.1 Å². The van der Waals surface area contributed by atoms with Crippen LogP contribution in [0.5, 0.6) is 0 Å². The molecule has 0 saturated carbocycles. The van der Waals surface area contributed by atoms with Crippen LogP contribution in [0.15, 0.2) is 30.6 Å². The maximum Gasteiger partial charge on any atom is 0.115 e. The second-order valence-corrected chi connectivity index (χ2v) is 3.72. The first-order valence-corrected chi connectivity index (χ1v) is 5.58. The predicted molar refractivity (Wildman–Crippen MR) is 63.5 cm³/mol. The molecule has 1 aromatic carbocycles. The van der Waals surface area contributed by atoms with Crippen molar-refractivity contribution in [2.45, 2.75) is 26.2 Å². The molecule has 0 aliphatic rings. The van der Waals surface area contributed by atoms with Crippen molar-refractivity contribution in [3.8, 4) is 0 Å². The summed E-state index contributed by atoms with van der Waals surface area (Å²) in [6.07, 6.45) is 5.59. The molecule has 2 rings (SSSR count). The van der Waals surface area contributed by atoms with Crippen molar-refractivity contribution in [3.05, 3.63) is 30.6 Å². The number of fused-ring (bicyclic) bond motifs is 1. The molecule has 0 aliphatic heterocycles. The van der Waals surface area contributed by atoms with Gasteiger partial charge >= 0.3 is 0 Å². The Morgan fingerprint density at radius 3 is 3.00 bits per heavy atom. The molecule has 0 saturated heterocycles. The maximum absolute atomic E-state index is 4.32. The van der Waals surface area contributed by atoms with Crippen LogP contribution in [0, 0.1) is 0 Å². The van der Waals surface area contributed by atoms with Gasteiger partial charge in [-0.05, 0) is 18.6 Å². The molecule has 2 aromatic rings. The van der Waals surface area contributed by atoms with Gasteiger partial charge in [0.15, 0.2) is 0 Å². The third-order valence-corrected chi connectivity index (χ3v) is 2.52. The van der Waals surface area contributed by atoms with Crippen LogP contribution >= 0.6 is 0 Å².